The zero-order valence-electron chi connectivity index (χ0n) is 25.3. The SMILES string of the molecule is CO[C@H]1[C@H](OP(=O)(OC[C@@H]2O[C@H](n3cnc4c(N)ncnc43)C[C@H]2O)SCOC(=O)OC(C)C)[C@@H](CO)O[C@@H]1n1ccc(=O)[nH]c1=O. The van der Waals surface area contributed by atoms with Crippen LogP contribution in [-0.2, 0) is 37.3 Å². The van der Waals surface area contributed by atoms with Crippen LogP contribution >= 0.6 is 18.2 Å². The van der Waals surface area contributed by atoms with Gasteiger partial charge in [0.05, 0.1) is 31.7 Å². The number of imidazole rings is 1. The maximum atomic E-state index is 14.2. The van der Waals surface area contributed by atoms with Gasteiger partial charge in [0.1, 0.15) is 42.5 Å². The van der Waals surface area contributed by atoms with E-state index in [0.29, 0.717) is 22.5 Å². The summed E-state index contributed by atoms with van der Waals surface area (Å²) < 4.78 is 55.8. The van der Waals surface area contributed by atoms with Gasteiger partial charge >= 0.3 is 18.6 Å². The molecule has 0 amide bonds. The van der Waals surface area contributed by atoms with E-state index in [9.17, 15) is 29.2 Å². The Hall–Kier alpha value is -3.40. The molecule has 0 aliphatic carbocycles. The minimum absolute atomic E-state index is 0.0935. The lowest BCUT2D eigenvalue weighted by molar-refractivity contribution is -0.0625. The number of methoxy groups -OCH3 is 1. The summed E-state index contributed by atoms with van der Waals surface area (Å²) in [4.78, 5) is 50.5. The van der Waals surface area contributed by atoms with Gasteiger partial charge < -0.3 is 39.6 Å². The Labute approximate surface area is 269 Å². The van der Waals surface area contributed by atoms with E-state index in [1.54, 1.807) is 18.4 Å². The fourth-order valence-corrected chi connectivity index (χ4v) is 7.77. The van der Waals surface area contributed by atoms with Crippen molar-refractivity contribution in [3.05, 3.63) is 45.8 Å². The molecular weight excluding hydrogens is 669 g/mol. The molecule has 0 spiro atoms. The van der Waals surface area contributed by atoms with Crippen molar-refractivity contribution in [1.82, 2.24) is 29.1 Å². The average Bonchev–Trinajstić information content (AvgIpc) is 3.71. The van der Waals surface area contributed by atoms with Crippen LogP contribution in [0.2, 0.25) is 0 Å². The summed E-state index contributed by atoms with van der Waals surface area (Å²) in [7, 11) is 1.28. The molecular formula is C25H34N7O13PS. The predicted octanol–water partition coefficient (Wildman–Crippen LogP) is 0.274. The van der Waals surface area contributed by atoms with Crippen LogP contribution < -0.4 is 17.0 Å². The third-order valence-corrected chi connectivity index (χ3v) is 10.5. The molecule has 1 unspecified atom stereocenters. The summed E-state index contributed by atoms with van der Waals surface area (Å²) in [5, 5.41) is 20.9. The molecule has 5 heterocycles. The van der Waals surface area contributed by atoms with Gasteiger partial charge in [0.15, 0.2) is 23.6 Å². The van der Waals surface area contributed by atoms with E-state index in [0.717, 1.165) is 10.6 Å². The number of rotatable bonds is 13. The van der Waals surface area contributed by atoms with Gasteiger partial charge in [-0.2, -0.15) is 0 Å². The predicted molar refractivity (Wildman–Crippen MR) is 161 cm³/mol. The molecule has 5 N–H and O–H groups in total. The van der Waals surface area contributed by atoms with Gasteiger partial charge in [-0.05, 0) is 13.8 Å². The number of anilines is 1. The Morgan fingerprint density at radius 1 is 1.21 bits per heavy atom. The summed E-state index contributed by atoms with van der Waals surface area (Å²) in [5.41, 5.74) is 5.13. The second kappa shape index (κ2) is 14.8. The van der Waals surface area contributed by atoms with Crippen molar-refractivity contribution in [2.24, 2.45) is 0 Å². The summed E-state index contributed by atoms with van der Waals surface area (Å²) >= 11 is 0.476. The van der Waals surface area contributed by atoms with Crippen molar-refractivity contribution in [1.29, 1.82) is 0 Å². The number of fused-ring (bicyclic) bond motifs is 1. The average molecular weight is 704 g/mol. The van der Waals surface area contributed by atoms with Crippen molar-refractivity contribution in [2.45, 2.75) is 69.3 Å². The highest BCUT2D eigenvalue weighted by molar-refractivity contribution is 8.55. The number of ether oxygens (including phenoxy) is 5. The fourth-order valence-electron chi connectivity index (χ4n) is 4.98. The Kier molecular flexibility index (Phi) is 11.0. The van der Waals surface area contributed by atoms with E-state index < -0.39 is 92.4 Å². The maximum Gasteiger partial charge on any atom is 0.509 e. The first-order chi connectivity index (χ1) is 22.4. The molecule has 0 radical (unpaired) electrons. The molecule has 3 aromatic heterocycles. The quantitative estimate of drug-likeness (QED) is 0.106. The lowest BCUT2D eigenvalue weighted by Crippen LogP contribution is -2.39. The van der Waals surface area contributed by atoms with Gasteiger partial charge in [-0.1, -0.05) is 0 Å². The summed E-state index contributed by atoms with van der Waals surface area (Å²) in [5.74, 6) is -0.375. The van der Waals surface area contributed by atoms with Crippen LogP contribution in [0.5, 0.6) is 0 Å². The van der Waals surface area contributed by atoms with Gasteiger partial charge in [-0.25, -0.2) is 29.1 Å². The number of H-pyrrole nitrogens is 1. The summed E-state index contributed by atoms with van der Waals surface area (Å²) in [6.45, 7) is -2.26. The van der Waals surface area contributed by atoms with Gasteiger partial charge in [-0.15, -0.1) is 0 Å². The van der Waals surface area contributed by atoms with Crippen LogP contribution in [-0.4, -0.2) is 108 Å². The van der Waals surface area contributed by atoms with E-state index in [-0.39, 0.29) is 12.2 Å². The van der Waals surface area contributed by atoms with Crippen LogP contribution in [0.1, 0.15) is 32.7 Å². The lowest BCUT2D eigenvalue weighted by Gasteiger charge is -2.28. The van der Waals surface area contributed by atoms with Crippen LogP contribution in [0.25, 0.3) is 11.2 Å². The number of aliphatic hydroxyl groups is 2. The molecule has 8 atom stereocenters. The molecule has 0 aromatic carbocycles. The number of nitrogens with zero attached hydrogens (tertiary/aromatic N) is 5. The molecule has 2 saturated heterocycles. The first-order valence-corrected chi connectivity index (χ1v) is 17.3. The Morgan fingerprint density at radius 3 is 2.70 bits per heavy atom. The topological polar surface area (TPSA) is 264 Å². The van der Waals surface area contributed by atoms with Crippen LogP contribution in [0.15, 0.2) is 34.5 Å². The Morgan fingerprint density at radius 2 is 2.00 bits per heavy atom. The number of carbonyl (C=O) groups excluding carboxylic acids is 1. The zero-order chi connectivity index (χ0) is 33.9. The number of hydrogen-bond donors (Lipinski definition) is 4. The molecule has 258 valence electrons. The number of aliphatic hydroxyl groups excluding tert-OH is 2. The Bertz CT molecular complexity index is 1720. The molecule has 22 heteroatoms. The maximum absolute atomic E-state index is 14.2. The van der Waals surface area contributed by atoms with Crippen molar-refractivity contribution < 1.29 is 52.3 Å². The van der Waals surface area contributed by atoms with E-state index in [2.05, 4.69) is 19.9 Å². The molecule has 2 fully saturated rings. The fraction of sp³-hybridized carbons (Fsp3) is 0.600. The number of nitrogens with two attached hydrogens (primary N) is 1. The van der Waals surface area contributed by atoms with Crippen LogP contribution in [0.3, 0.4) is 0 Å². The molecule has 2 aliphatic rings. The Balaban J connectivity index is 1.34. The molecule has 2 aliphatic heterocycles. The van der Waals surface area contributed by atoms with E-state index in [1.165, 1.54) is 26.0 Å². The largest absolute Gasteiger partial charge is 0.509 e. The first kappa shape index (κ1) is 34.9. The van der Waals surface area contributed by atoms with Gasteiger partial charge in [0.25, 0.3) is 5.56 Å². The second-order valence-electron chi connectivity index (χ2n) is 10.6. The van der Waals surface area contributed by atoms with Crippen molar-refractivity contribution in [3.63, 3.8) is 0 Å². The lowest BCUT2D eigenvalue weighted by atomic mass is 10.1. The minimum Gasteiger partial charge on any atom is -0.432 e. The number of carbonyl (C=O) groups is 1. The smallest absolute Gasteiger partial charge is 0.432 e. The monoisotopic (exact) mass is 703 g/mol. The zero-order valence-corrected chi connectivity index (χ0v) is 27.0. The molecule has 20 nitrogen and oxygen atoms in total. The van der Waals surface area contributed by atoms with E-state index >= 15 is 0 Å². The van der Waals surface area contributed by atoms with E-state index in [1.807, 2.05) is 0 Å². The number of hydrogen-bond acceptors (Lipinski definition) is 18. The highest BCUT2D eigenvalue weighted by Crippen LogP contribution is 2.63. The molecule has 5 rings (SSSR count). The van der Waals surface area contributed by atoms with Gasteiger partial charge in [-0.3, -0.25) is 28.0 Å². The summed E-state index contributed by atoms with van der Waals surface area (Å²) in [6, 6.07) is 1.09. The molecule has 0 bridgehead atoms. The third-order valence-electron chi connectivity index (χ3n) is 7.13. The minimum atomic E-state index is -4.38. The van der Waals surface area contributed by atoms with Crippen LogP contribution in [0, 0.1) is 0 Å². The number of nitrogen functional groups attached to an aromatic ring is 1. The molecule has 47 heavy (non-hydrogen) atoms. The van der Waals surface area contributed by atoms with Crippen molar-refractivity contribution >= 4 is 41.3 Å². The van der Waals surface area contributed by atoms with Crippen molar-refractivity contribution in [3.8, 4) is 0 Å². The molecule has 3 aromatic rings. The second-order valence-corrected chi connectivity index (χ2v) is 14.6. The number of aromatic amines is 1. The highest BCUT2D eigenvalue weighted by atomic mass is 32.7. The normalized spacial score (nSPS) is 27.3. The highest BCUT2D eigenvalue weighted by Gasteiger charge is 2.51. The van der Waals surface area contributed by atoms with Gasteiger partial charge in [0, 0.05) is 37.2 Å². The van der Waals surface area contributed by atoms with Crippen molar-refractivity contribution in [2.75, 3.05) is 32.0 Å². The standard InChI is InChI=1S/C25H34N7O13PS/c1-12(2)42-25(37)40-11-47-46(38,45-19-14(7-33)44-23(20(19)39-3)31-5-4-16(35)30-24(31)36)41-8-15-13(34)6-17(43-15)32-10-29-18-21(26)27-9-28-22(18)32/h4-5,9-10,12-15,17,19-20,23,33-34H,6-8,11H2,1-3H3,(H2,26,27,28)(H,30,35,36)/t13-,14-,15+,17+,19-,20+,23+,46?/m1/s1. The molecule has 0 saturated carbocycles. The van der Waals surface area contributed by atoms with E-state index in [4.69, 9.17) is 38.5 Å². The third kappa shape index (κ3) is 7.85. The first-order valence-electron chi connectivity index (χ1n) is 14.2. The van der Waals surface area contributed by atoms with Crippen LogP contribution in [0.4, 0.5) is 10.6 Å². The van der Waals surface area contributed by atoms with Gasteiger partial charge in [0.2, 0.25) is 0 Å². The summed E-state index contributed by atoms with van der Waals surface area (Å²) in [6.07, 6.45) is -5.23. The number of aromatic nitrogens is 6. The number of nitrogens with one attached hydrogen (secondary N) is 1.